The second-order valence-electron chi connectivity index (χ2n) is 4.14. The summed E-state index contributed by atoms with van der Waals surface area (Å²) in [6.07, 6.45) is -3.65. The van der Waals surface area contributed by atoms with E-state index in [2.05, 4.69) is 0 Å². The van der Waals surface area contributed by atoms with Crippen LogP contribution in [0.15, 0.2) is 47.1 Å². The summed E-state index contributed by atoms with van der Waals surface area (Å²) in [5.74, 6) is -1.88. The van der Waals surface area contributed by atoms with Crippen LogP contribution in [-0.4, -0.2) is 12.0 Å². The van der Waals surface area contributed by atoms with E-state index in [1.165, 1.54) is 18.4 Å². The van der Waals surface area contributed by atoms with Gasteiger partial charge in [0.2, 0.25) is 0 Å². The molecule has 0 aliphatic heterocycles. The van der Waals surface area contributed by atoms with Crippen molar-refractivity contribution < 1.29 is 22.4 Å². The number of furan rings is 1. The molecule has 0 amide bonds. The Kier molecular flexibility index (Phi) is 2.38. The van der Waals surface area contributed by atoms with Crippen LogP contribution in [-0.2, 0) is 0 Å². The van der Waals surface area contributed by atoms with Gasteiger partial charge >= 0.3 is 6.18 Å². The molecule has 0 saturated carbocycles. The molecule has 1 aromatic heterocycles. The lowest BCUT2D eigenvalue weighted by Gasteiger charge is -2.09. The molecule has 0 atom stereocenters. The fraction of sp³-hybridized carbons (Fsp3) is 0.0714. The van der Waals surface area contributed by atoms with Crippen molar-refractivity contribution >= 4 is 27.5 Å². The molecule has 19 heavy (non-hydrogen) atoms. The Bertz CT molecular complexity index is 784. The summed E-state index contributed by atoms with van der Waals surface area (Å²) in [6.45, 7) is 0. The van der Waals surface area contributed by atoms with Crippen molar-refractivity contribution in [3.8, 4) is 0 Å². The smallest absolute Gasteiger partial charge is 0.455 e. The molecule has 0 aliphatic rings. The van der Waals surface area contributed by atoms with Crippen LogP contribution >= 0.6 is 0 Å². The number of carbonyl (C=O) groups is 1. The van der Waals surface area contributed by atoms with Gasteiger partial charge in [-0.15, -0.1) is 0 Å². The number of rotatable bonds is 1. The number of Topliss-reactive ketones (excluding diaryl/α,β-unsaturated/α-hetero) is 1. The third-order valence-corrected chi connectivity index (χ3v) is 2.95. The lowest BCUT2D eigenvalue weighted by atomic mass is 9.98. The minimum Gasteiger partial charge on any atom is -0.464 e. The van der Waals surface area contributed by atoms with Crippen molar-refractivity contribution in [2.24, 2.45) is 0 Å². The van der Waals surface area contributed by atoms with Gasteiger partial charge in [-0.1, -0.05) is 24.3 Å². The summed E-state index contributed by atoms with van der Waals surface area (Å²) in [6, 6.07) is 9.67. The number of benzene rings is 2. The topological polar surface area (TPSA) is 30.2 Å². The Morgan fingerprint density at radius 1 is 1.05 bits per heavy atom. The molecule has 0 bridgehead atoms. The van der Waals surface area contributed by atoms with E-state index in [4.69, 9.17) is 4.42 Å². The van der Waals surface area contributed by atoms with Crippen LogP contribution in [0.4, 0.5) is 13.2 Å². The molecule has 5 heteroatoms. The van der Waals surface area contributed by atoms with Crippen molar-refractivity contribution in [2.75, 3.05) is 0 Å². The molecule has 2 aromatic carbocycles. The SMILES string of the molecule is O=C(c1c2ccccc2cc2ccoc12)C(F)(F)F. The Labute approximate surface area is 105 Å². The van der Waals surface area contributed by atoms with Gasteiger partial charge in [-0.05, 0) is 22.9 Å². The Morgan fingerprint density at radius 3 is 2.53 bits per heavy atom. The molecule has 0 radical (unpaired) electrons. The first-order valence-electron chi connectivity index (χ1n) is 5.49. The summed E-state index contributed by atoms with van der Waals surface area (Å²) < 4.78 is 43.2. The molecule has 1 heterocycles. The third kappa shape index (κ3) is 1.78. The number of hydrogen-bond donors (Lipinski definition) is 0. The molecular weight excluding hydrogens is 257 g/mol. The fourth-order valence-electron chi connectivity index (χ4n) is 2.14. The first-order chi connectivity index (χ1) is 8.98. The van der Waals surface area contributed by atoms with Gasteiger partial charge in [-0.3, -0.25) is 4.79 Å². The second kappa shape index (κ2) is 3.85. The first kappa shape index (κ1) is 11.8. The van der Waals surface area contributed by atoms with Gasteiger partial charge in [-0.25, -0.2) is 0 Å². The zero-order chi connectivity index (χ0) is 13.6. The highest BCUT2D eigenvalue weighted by Crippen LogP contribution is 2.33. The highest BCUT2D eigenvalue weighted by atomic mass is 19.4. The molecule has 2 nitrogen and oxygen atoms in total. The number of alkyl halides is 3. The number of carbonyl (C=O) groups excluding carboxylic acids is 1. The van der Waals surface area contributed by atoms with Crippen LogP contribution in [0.1, 0.15) is 10.4 Å². The monoisotopic (exact) mass is 264 g/mol. The van der Waals surface area contributed by atoms with E-state index in [0.29, 0.717) is 10.8 Å². The predicted octanol–water partition coefficient (Wildman–Crippen LogP) is 4.33. The van der Waals surface area contributed by atoms with E-state index in [0.717, 1.165) is 0 Å². The third-order valence-electron chi connectivity index (χ3n) is 2.95. The van der Waals surface area contributed by atoms with E-state index in [-0.39, 0.29) is 11.0 Å². The zero-order valence-electron chi connectivity index (χ0n) is 9.49. The van der Waals surface area contributed by atoms with E-state index >= 15 is 0 Å². The Balaban J connectivity index is 2.46. The molecule has 0 fully saturated rings. The molecule has 0 saturated heterocycles. The largest absolute Gasteiger partial charge is 0.464 e. The maximum atomic E-state index is 12.7. The van der Waals surface area contributed by atoms with E-state index in [1.807, 2.05) is 0 Å². The second-order valence-corrected chi connectivity index (χ2v) is 4.14. The summed E-state index contributed by atoms with van der Waals surface area (Å²) in [5.41, 5.74) is -0.452. The molecular formula is C14H7F3O2. The summed E-state index contributed by atoms with van der Waals surface area (Å²) in [7, 11) is 0. The number of halogens is 3. The number of ketones is 1. The van der Waals surface area contributed by atoms with Gasteiger partial charge in [0, 0.05) is 5.39 Å². The average Bonchev–Trinajstić information content (AvgIpc) is 2.81. The molecule has 0 spiro atoms. The lowest BCUT2D eigenvalue weighted by Crippen LogP contribution is -2.23. The fourth-order valence-corrected chi connectivity index (χ4v) is 2.14. The maximum absolute atomic E-state index is 12.7. The van der Waals surface area contributed by atoms with Gasteiger partial charge in [0.1, 0.15) is 5.58 Å². The summed E-state index contributed by atoms with van der Waals surface area (Å²) >= 11 is 0. The maximum Gasteiger partial charge on any atom is 0.455 e. The minimum absolute atomic E-state index is 0.0268. The quantitative estimate of drug-likeness (QED) is 0.612. The van der Waals surface area contributed by atoms with Crippen LogP contribution < -0.4 is 0 Å². The van der Waals surface area contributed by atoms with Crippen LogP contribution in [0.2, 0.25) is 0 Å². The lowest BCUT2D eigenvalue weighted by molar-refractivity contribution is -0.0883. The zero-order valence-corrected chi connectivity index (χ0v) is 9.49. The van der Waals surface area contributed by atoms with Gasteiger partial charge < -0.3 is 4.42 Å². The molecule has 96 valence electrons. The van der Waals surface area contributed by atoms with Crippen molar-refractivity contribution in [1.29, 1.82) is 0 Å². The summed E-state index contributed by atoms with van der Waals surface area (Å²) in [4.78, 5) is 11.6. The molecule has 0 unspecified atom stereocenters. The average molecular weight is 264 g/mol. The Morgan fingerprint density at radius 2 is 1.79 bits per heavy atom. The van der Waals surface area contributed by atoms with Crippen molar-refractivity contribution in [1.82, 2.24) is 0 Å². The standard InChI is InChI=1S/C14H7F3O2/c15-14(16,17)13(18)11-10-4-2-1-3-8(10)7-9-5-6-19-12(9)11/h1-7H. The molecule has 0 N–H and O–H groups in total. The molecule has 3 rings (SSSR count). The summed E-state index contributed by atoms with van der Waals surface area (Å²) in [5, 5.41) is 1.29. The molecule has 0 aliphatic carbocycles. The predicted molar refractivity (Wildman–Crippen MR) is 64.1 cm³/mol. The van der Waals surface area contributed by atoms with Gasteiger partial charge in [-0.2, -0.15) is 13.2 Å². The van der Waals surface area contributed by atoms with Gasteiger partial charge in [0.15, 0.2) is 0 Å². The van der Waals surface area contributed by atoms with Crippen LogP contribution in [0.5, 0.6) is 0 Å². The first-order valence-corrected chi connectivity index (χ1v) is 5.49. The van der Waals surface area contributed by atoms with E-state index < -0.39 is 17.5 Å². The van der Waals surface area contributed by atoms with E-state index in [1.54, 1.807) is 24.3 Å². The van der Waals surface area contributed by atoms with Crippen molar-refractivity contribution in [3.63, 3.8) is 0 Å². The minimum atomic E-state index is -4.93. The van der Waals surface area contributed by atoms with Gasteiger partial charge in [0.25, 0.3) is 5.78 Å². The highest BCUT2D eigenvalue weighted by molar-refractivity contribution is 6.19. The van der Waals surface area contributed by atoms with Crippen LogP contribution in [0.25, 0.3) is 21.7 Å². The molecule has 3 aromatic rings. The Hall–Kier alpha value is -2.30. The van der Waals surface area contributed by atoms with Crippen LogP contribution in [0, 0.1) is 0 Å². The number of hydrogen-bond acceptors (Lipinski definition) is 2. The van der Waals surface area contributed by atoms with Crippen molar-refractivity contribution in [2.45, 2.75) is 6.18 Å². The van der Waals surface area contributed by atoms with Crippen molar-refractivity contribution in [3.05, 3.63) is 48.2 Å². The number of fused-ring (bicyclic) bond motifs is 2. The normalized spacial score (nSPS) is 12.2. The van der Waals surface area contributed by atoms with Crippen LogP contribution in [0.3, 0.4) is 0 Å². The van der Waals surface area contributed by atoms with Gasteiger partial charge in [0.05, 0.1) is 11.8 Å². The van der Waals surface area contributed by atoms with E-state index in [9.17, 15) is 18.0 Å². The highest BCUT2D eigenvalue weighted by Gasteiger charge is 2.41.